The van der Waals surface area contributed by atoms with Crippen LogP contribution in [0.2, 0.25) is 0 Å². The topological polar surface area (TPSA) is 97.4 Å². The Kier molecular flexibility index (Phi) is 3.82. The number of primary amides is 1. The molecule has 6 nitrogen and oxygen atoms in total. The Morgan fingerprint density at radius 1 is 1.27 bits per heavy atom. The number of carbonyl (C=O) groups excluding carboxylic acids is 2. The van der Waals surface area contributed by atoms with Gasteiger partial charge in [-0.2, -0.15) is 0 Å². The smallest absolute Gasteiger partial charge is 0.319 e. The number of anilines is 1. The summed E-state index contributed by atoms with van der Waals surface area (Å²) in [6.45, 7) is 0. The molecule has 0 fully saturated rings. The van der Waals surface area contributed by atoms with Crippen molar-refractivity contribution in [3.63, 3.8) is 0 Å². The third-order valence-electron chi connectivity index (χ3n) is 3.76. The lowest BCUT2D eigenvalue weighted by Gasteiger charge is -2.22. The summed E-state index contributed by atoms with van der Waals surface area (Å²) >= 11 is 0. The van der Waals surface area contributed by atoms with Crippen molar-refractivity contribution in [3.8, 4) is 0 Å². The Morgan fingerprint density at radius 3 is 2.95 bits per heavy atom. The Balaban J connectivity index is 1.67. The van der Waals surface area contributed by atoms with Gasteiger partial charge in [0.05, 0.1) is 12.3 Å². The fourth-order valence-corrected chi connectivity index (χ4v) is 2.71. The lowest BCUT2D eigenvalue weighted by atomic mass is 9.93. The molecular weight excluding hydrogens is 282 g/mol. The lowest BCUT2D eigenvalue weighted by Crippen LogP contribution is -2.34. The number of nitrogens with two attached hydrogens (primary N) is 1. The Labute approximate surface area is 127 Å². The number of benzene rings is 1. The number of fused-ring (bicyclic) bond motifs is 1. The molecule has 1 aromatic heterocycles. The van der Waals surface area contributed by atoms with Crippen molar-refractivity contribution in [1.29, 1.82) is 0 Å². The van der Waals surface area contributed by atoms with Crippen LogP contribution in [0.5, 0.6) is 0 Å². The zero-order valence-corrected chi connectivity index (χ0v) is 12.0. The minimum atomic E-state index is -0.528. The summed E-state index contributed by atoms with van der Waals surface area (Å²) in [5, 5.41) is 5.65. The second kappa shape index (κ2) is 5.93. The number of amides is 3. The van der Waals surface area contributed by atoms with Crippen molar-refractivity contribution in [1.82, 2.24) is 5.32 Å². The quantitative estimate of drug-likeness (QED) is 0.812. The highest BCUT2D eigenvalue weighted by atomic mass is 16.3. The lowest BCUT2D eigenvalue weighted by molar-refractivity contribution is 0.1000. The van der Waals surface area contributed by atoms with Gasteiger partial charge >= 0.3 is 6.03 Å². The summed E-state index contributed by atoms with van der Waals surface area (Å²) < 4.78 is 5.41. The molecule has 1 atom stereocenters. The molecule has 1 aliphatic carbocycles. The highest BCUT2D eigenvalue weighted by Crippen LogP contribution is 2.30. The molecule has 1 aliphatic rings. The molecular formula is C16H17N3O3. The molecule has 0 saturated heterocycles. The molecule has 6 heteroatoms. The number of rotatable bonds is 3. The van der Waals surface area contributed by atoms with Crippen LogP contribution >= 0.6 is 0 Å². The molecule has 0 saturated carbocycles. The van der Waals surface area contributed by atoms with Gasteiger partial charge in [-0.05, 0) is 37.1 Å². The molecule has 0 aliphatic heterocycles. The summed E-state index contributed by atoms with van der Waals surface area (Å²) in [5.74, 6) is 0.409. The molecule has 114 valence electrons. The van der Waals surface area contributed by atoms with Gasteiger partial charge in [-0.15, -0.1) is 0 Å². The second-order valence-electron chi connectivity index (χ2n) is 5.29. The van der Waals surface area contributed by atoms with Crippen LogP contribution in [0.3, 0.4) is 0 Å². The average molecular weight is 299 g/mol. The molecule has 0 radical (unpaired) electrons. The van der Waals surface area contributed by atoms with Gasteiger partial charge in [0.15, 0.2) is 0 Å². The van der Waals surface area contributed by atoms with Gasteiger partial charge < -0.3 is 20.8 Å². The summed E-state index contributed by atoms with van der Waals surface area (Å²) in [4.78, 5) is 23.3. The van der Waals surface area contributed by atoms with Crippen LogP contribution in [0, 0.1) is 0 Å². The van der Waals surface area contributed by atoms with Gasteiger partial charge in [0.25, 0.3) is 0 Å². The highest BCUT2D eigenvalue weighted by Gasteiger charge is 2.23. The average Bonchev–Trinajstić information content (AvgIpc) is 2.97. The van der Waals surface area contributed by atoms with Crippen LogP contribution in [-0.2, 0) is 6.42 Å². The summed E-state index contributed by atoms with van der Waals surface area (Å²) in [6.07, 6.45) is 4.41. The van der Waals surface area contributed by atoms with Gasteiger partial charge in [0.2, 0.25) is 5.91 Å². The van der Waals surface area contributed by atoms with E-state index in [1.165, 1.54) is 0 Å². The van der Waals surface area contributed by atoms with E-state index in [2.05, 4.69) is 10.6 Å². The van der Waals surface area contributed by atoms with Gasteiger partial charge in [-0.1, -0.05) is 6.07 Å². The minimum Gasteiger partial charge on any atom is -0.469 e. The summed E-state index contributed by atoms with van der Waals surface area (Å²) in [5.41, 5.74) is 7.14. The van der Waals surface area contributed by atoms with Crippen molar-refractivity contribution < 1.29 is 14.0 Å². The van der Waals surface area contributed by atoms with Crippen LogP contribution in [0.25, 0.3) is 0 Å². The van der Waals surface area contributed by atoms with Gasteiger partial charge in [-0.3, -0.25) is 4.79 Å². The van der Waals surface area contributed by atoms with Crippen LogP contribution in [0.4, 0.5) is 10.5 Å². The predicted molar refractivity (Wildman–Crippen MR) is 81.5 cm³/mol. The third kappa shape index (κ3) is 2.95. The first-order valence-electron chi connectivity index (χ1n) is 7.17. The van der Waals surface area contributed by atoms with E-state index in [0.717, 1.165) is 30.6 Å². The Hall–Kier alpha value is -2.76. The zero-order chi connectivity index (χ0) is 15.5. The van der Waals surface area contributed by atoms with E-state index in [-0.39, 0.29) is 12.1 Å². The number of aryl methyl sites for hydroxylation is 1. The van der Waals surface area contributed by atoms with E-state index in [1.54, 1.807) is 30.5 Å². The molecule has 4 N–H and O–H groups in total. The van der Waals surface area contributed by atoms with Crippen LogP contribution in [0.1, 0.15) is 40.6 Å². The molecule has 22 heavy (non-hydrogen) atoms. The maximum Gasteiger partial charge on any atom is 0.319 e. The maximum atomic E-state index is 12.1. The molecule has 0 bridgehead atoms. The van der Waals surface area contributed by atoms with Gasteiger partial charge in [0, 0.05) is 23.2 Å². The van der Waals surface area contributed by atoms with E-state index in [0.29, 0.717) is 11.3 Å². The number of hydrogen-bond acceptors (Lipinski definition) is 3. The largest absolute Gasteiger partial charge is 0.469 e. The normalized spacial score (nSPS) is 16.6. The van der Waals surface area contributed by atoms with Gasteiger partial charge in [-0.25, -0.2) is 4.79 Å². The van der Waals surface area contributed by atoms with E-state index in [4.69, 9.17) is 10.2 Å². The van der Waals surface area contributed by atoms with Crippen LogP contribution < -0.4 is 16.4 Å². The van der Waals surface area contributed by atoms with Crippen molar-refractivity contribution in [2.75, 3.05) is 5.32 Å². The molecule has 3 amide bonds. The fraction of sp³-hybridized carbons (Fsp3) is 0.250. The SMILES string of the molecule is NC(=O)c1cccc(NC(=O)NC2CCCc3occc32)c1. The van der Waals surface area contributed by atoms with E-state index >= 15 is 0 Å². The second-order valence-corrected chi connectivity index (χ2v) is 5.29. The third-order valence-corrected chi connectivity index (χ3v) is 3.76. The number of urea groups is 1. The highest BCUT2D eigenvalue weighted by molar-refractivity contribution is 5.95. The van der Waals surface area contributed by atoms with Gasteiger partial charge in [0.1, 0.15) is 5.76 Å². The molecule has 1 heterocycles. The van der Waals surface area contributed by atoms with Crippen molar-refractivity contribution in [2.24, 2.45) is 5.73 Å². The summed E-state index contributed by atoms with van der Waals surface area (Å²) in [6, 6.07) is 8.05. The molecule has 1 unspecified atom stereocenters. The van der Waals surface area contributed by atoms with Crippen molar-refractivity contribution >= 4 is 17.6 Å². The molecule has 2 aromatic rings. The fourth-order valence-electron chi connectivity index (χ4n) is 2.71. The van der Waals surface area contributed by atoms with Crippen LogP contribution in [0.15, 0.2) is 41.0 Å². The van der Waals surface area contributed by atoms with E-state index < -0.39 is 5.91 Å². The monoisotopic (exact) mass is 299 g/mol. The zero-order valence-electron chi connectivity index (χ0n) is 12.0. The van der Waals surface area contributed by atoms with Crippen LogP contribution in [-0.4, -0.2) is 11.9 Å². The number of furan rings is 1. The number of nitrogens with one attached hydrogen (secondary N) is 2. The standard InChI is InChI=1S/C16H17N3O3/c17-15(20)10-3-1-4-11(9-10)18-16(21)19-13-5-2-6-14-12(13)7-8-22-14/h1,3-4,7-9,13H,2,5-6H2,(H2,17,20)(H2,18,19,21). The van der Waals surface area contributed by atoms with E-state index in [9.17, 15) is 9.59 Å². The first-order valence-corrected chi connectivity index (χ1v) is 7.17. The number of carbonyl (C=O) groups is 2. The Bertz CT molecular complexity index is 708. The predicted octanol–water partition coefficient (Wildman–Crippen LogP) is 2.58. The summed E-state index contributed by atoms with van der Waals surface area (Å²) in [7, 11) is 0. The first-order chi connectivity index (χ1) is 10.6. The number of hydrogen-bond donors (Lipinski definition) is 3. The maximum absolute atomic E-state index is 12.1. The Morgan fingerprint density at radius 2 is 2.14 bits per heavy atom. The van der Waals surface area contributed by atoms with Crippen molar-refractivity contribution in [3.05, 3.63) is 53.5 Å². The van der Waals surface area contributed by atoms with Crippen molar-refractivity contribution in [2.45, 2.75) is 25.3 Å². The molecule has 1 aromatic carbocycles. The molecule has 0 spiro atoms. The van der Waals surface area contributed by atoms with E-state index in [1.807, 2.05) is 6.07 Å². The minimum absolute atomic E-state index is 0.0539. The molecule has 3 rings (SSSR count). The first kappa shape index (κ1) is 14.2.